The van der Waals surface area contributed by atoms with Gasteiger partial charge < -0.3 is 9.38 Å². The van der Waals surface area contributed by atoms with Crippen molar-refractivity contribution >= 4 is 72.4 Å². The highest BCUT2D eigenvalue weighted by Crippen LogP contribution is 2.61. The summed E-state index contributed by atoms with van der Waals surface area (Å²) in [6, 6.07) is 59.5. The summed E-state index contributed by atoms with van der Waals surface area (Å²) in [6.45, 7) is 29.0. The van der Waals surface area contributed by atoms with Crippen molar-refractivity contribution in [3.8, 4) is 49.5 Å². The van der Waals surface area contributed by atoms with Crippen LogP contribution in [0.2, 0.25) is 0 Å². The lowest BCUT2D eigenvalue weighted by molar-refractivity contribution is 0.332. The minimum absolute atomic E-state index is 0.0223. The molecule has 0 fully saturated rings. The van der Waals surface area contributed by atoms with E-state index in [0.717, 1.165) is 12.8 Å². The molecule has 360 valence electrons. The normalized spacial score (nSPS) is 16.7. The van der Waals surface area contributed by atoms with E-state index >= 15 is 0 Å². The fourth-order valence-corrected chi connectivity index (χ4v) is 15.3. The van der Waals surface area contributed by atoms with E-state index in [1.54, 1.807) is 0 Å². The Morgan fingerprint density at radius 3 is 1.81 bits per heavy atom. The van der Waals surface area contributed by atoms with Crippen LogP contribution in [0.5, 0.6) is 0 Å². The van der Waals surface area contributed by atoms with Gasteiger partial charge in [0, 0.05) is 59.3 Å². The minimum Gasteiger partial charge on any atom is -0.376 e. The molecule has 0 radical (unpaired) electrons. The van der Waals surface area contributed by atoms with Crippen LogP contribution in [0.4, 0.5) is 11.4 Å². The largest absolute Gasteiger partial charge is 0.376 e. The third-order valence-electron chi connectivity index (χ3n) is 18.1. The SMILES string of the molecule is CC(C)(C)c1ccc(N2B3c4cc5sc(-c6ccccc6)c(-c6ccccc6)c5cc4-n4c5ccc(C(C)(C)C)cc5c5c6c(c(c3c54)-c3cc4c(cc32)C(C)(C)CCC4(C)C)-c2ccccc2C6(C)C)cc1. The highest BCUT2D eigenvalue weighted by molar-refractivity contribution is 7.23. The quantitative estimate of drug-likeness (QED) is 0.160. The monoisotopic (exact) mass is 964 g/mol. The molecule has 0 bridgehead atoms. The molecule has 14 rings (SSSR count). The summed E-state index contributed by atoms with van der Waals surface area (Å²) in [7, 11) is 0. The number of benzene rings is 8. The molecule has 2 aliphatic carbocycles. The van der Waals surface area contributed by atoms with Gasteiger partial charge in [-0.2, -0.15) is 0 Å². The standard InChI is InChI=1S/C69H65BN2S/c1-65(2,3)42-27-30-44(31-28-42)72-54-38-51-50(67(7,8)33-34-68(51,9)10)36-47(54)59-58-45-25-19-20-26-49(45)69(11,12)61(58)60-46-35-43(66(4,5)6)29-32-53(46)71-55-37-48-56(39-52(55)70(72)62(59)63(60)71)73-64(41-23-17-14-18-24-41)57(48)40-21-15-13-16-22-40/h13-32,35-39H,33-34H2,1-12H3. The highest BCUT2D eigenvalue weighted by atomic mass is 32.1. The van der Waals surface area contributed by atoms with Gasteiger partial charge in [0.15, 0.2) is 0 Å². The number of fused-ring (bicyclic) bond motifs is 15. The first-order valence-electron chi connectivity index (χ1n) is 26.8. The first-order chi connectivity index (χ1) is 34.7. The molecule has 0 saturated carbocycles. The summed E-state index contributed by atoms with van der Waals surface area (Å²) < 4.78 is 4.06. The average molecular weight is 965 g/mol. The van der Waals surface area contributed by atoms with E-state index in [4.69, 9.17) is 0 Å². The Hall–Kier alpha value is -6.62. The van der Waals surface area contributed by atoms with E-state index in [1.807, 2.05) is 11.3 Å². The van der Waals surface area contributed by atoms with Gasteiger partial charge in [-0.05, 0) is 155 Å². The topological polar surface area (TPSA) is 8.17 Å². The fourth-order valence-electron chi connectivity index (χ4n) is 14.1. The lowest BCUT2D eigenvalue weighted by Gasteiger charge is -2.47. The molecule has 0 amide bonds. The Bertz CT molecular complexity index is 4000. The summed E-state index contributed by atoms with van der Waals surface area (Å²) in [5, 5.41) is 4.08. The van der Waals surface area contributed by atoms with Gasteiger partial charge in [-0.15, -0.1) is 11.3 Å². The van der Waals surface area contributed by atoms with Crippen molar-refractivity contribution in [1.82, 2.24) is 4.57 Å². The van der Waals surface area contributed by atoms with Crippen LogP contribution in [0.15, 0.2) is 152 Å². The van der Waals surface area contributed by atoms with E-state index in [9.17, 15) is 0 Å². The van der Waals surface area contributed by atoms with Crippen LogP contribution >= 0.6 is 11.3 Å². The maximum atomic E-state index is 2.80. The van der Waals surface area contributed by atoms with Crippen LogP contribution in [0, 0.1) is 0 Å². The molecule has 2 aromatic heterocycles. The second-order valence-corrected chi connectivity index (χ2v) is 27.0. The van der Waals surface area contributed by atoms with E-state index in [1.165, 1.54) is 137 Å². The Balaban J connectivity index is 1.23. The summed E-state index contributed by atoms with van der Waals surface area (Å²) in [5.74, 6) is 0. The third kappa shape index (κ3) is 6.17. The number of rotatable bonds is 3. The van der Waals surface area contributed by atoms with Gasteiger partial charge in [0.25, 0.3) is 0 Å². The van der Waals surface area contributed by atoms with Crippen LogP contribution in [0.3, 0.4) is 0 Å². The fraction of sp³-hybridized carbons (Fsp3) is 0.275. The molecule has 2 nitrogen and oxygen atoms in total. The van der Waals surface area contributed by atoms with Crippen LogP contribution < -0.4 is 15.7 Å². The number of hydrogen-bond acceptors (Lipinski definition) is 2. The summed E-state index contributed by atoms with van der Waals surface area (Å²) in [4.78, 5) is 4.12. The van der Waals surface area contributed by atoms with Crippen LogP contribution in [-0.2, 0) is 27.1 Å². The molecule has 2 aliphatic heterocycles. The zero-order chi connectivity index (χ0) is 50.5. The van der Waals surface area contributed by atoms with Gasteiger partial charge in [0.2, 0.25) is 0 Å². The van der Waals surface area contributed by atoms with Gasteiger partial charge in [-0.1, -0.05) is 186 Å². The van der Waals surface area contributed by atoms with E-state index < -0.39 is 0 Å². The minimum atomic E-state index is -0.258. The maximum absolute atomic E-state index is 2.80. The van der Waals surface area contributed by atoms with Gasteiger partial charge >= 0.3 is 6.85 Å². The predicted octanol–water partition coefficient (Wildman–Crippen LogP) is 17.8. The molecule has 8 aromatic carbocycles. The smallest absolute Gasteiger partial charge is 0.333 e. The molecular formula is C69H65BN2S. The molecule has 0 N–H and O–H groups in total. The maximum Gasteiger partial charge on any atom is 0.333 e. The van der Waals surface area contributed by atoms with Gasteiger partial charge in [-0.25, -0.2) is 0 Å². The number of aromatic nitrogens is 1. The highest BCUT2D eigenvalue weighted by Gasteiger charge is 2.51. The predicted molar refractivity (Wildman–Crippen MR) is 316 cm³/mol. The van der Waals surface area contributed by atoms with E-state index in [0.29, 0.717) is 0 Å². The Labute approximate surface area is 436 Å². The molecule has 73 heavy (non-hydrogen) atoms. The molecule has 4 aliphatic rings. The van der Waals surface area contributed by atoms with Gasteiger partial charge in [0.1, 0.15) is 0 Å². The zero-order valence-electron chi connectivity index (χ0n) is 44.7. The van der Waals surface area contributed by atoms with Crippen molar-refractivity contribution in [2.75, 3.05) is 4.81 Å². The summed E-state index contributed by atoms with van der Waals surface area (Å²) in [5.41, 5.74) is 27.1. The first kappa shape index (κ1) is 45.0. The number of nitrogens with zero attached hydrogens (tertiary/aromatic N) is 2. The Morgan fingerprint density at radius 1 is 0.521 bits per heavy atom. The van der Waals surface area contributed by atoms with Crippen molar-refractivity contribution in [3.05, 3.63) is 185 Å². The third-order valence-corrected chi connectivity index (χ3v) is 19.3. The Kier molecular flexibility index (Phi) is 9.12. The average Bonchev–Trinajstić information content (AvgIpc) is 4.02. The summed E-state index contributed by atoms with van der Waals surface area (Å²) >= 11 is 1.95. The van der Waals surface area contributed by atoms with Gasteiger partial charge in [-0.3, -0.25) is 0 Å². The lowest BCUT2D eigenvalue weighted by Crippen LogP contribution is -2.61. The van der Waals surface area contributed by atoms with Crippen molar-refractivity contribution in [2.24, 2.45) is 0 Å². The van der Waals surface area contributed by atoms with E-state index in [-0.39, 0.29) is 33.9 Å². The number of anilines is 2. The van der Waals surface area contributed by atoms with Crippen LogP contribution in [0.1, 0.15) is 129 Å². The molecule has 10 aromatic rings. The molecule has 0 atom stereocenters. The van der Waals surface area contributed by atoms with Gasteiger partial charge in [0.05, 0.1) is 11.0 Å². The van der Waals surface area contributed by atoms with Crippen LogP contribution in [0.25, 0.3) is 81.4 Å². The molecular weight excluding hydrogens is 900 g/mol. The lowest BCUT2D eigenvalue weighted by atomic mass is 9.43. The Morgan fingerprint density at radius 2 is 1.14 bits per heavy atom. The first-order valence-corrected chi connectivity index (χ1v) is 27.7. The van der Waals surface area contributed by atoms with Crippen molar-refractivity contribution in [1.29, 1.82) is 0 Å². The van der Waals surface area contributed by atoms with Crippen molar-refractivity contribution in [2.45, 2.75) is 123 Å². The number of hydrogen-bond donors (Lipinski definition) is 0. The summed E-state index contributed by atoms with van der Waals surface area (Å²) in [6.07, 6.45) is 2.32. The molecule has 0 spiro atoms. The second kappa shape index (κ2) is 14.8. The van der Waals surface area contributed by atoms with Crippen LogP contribution in [-0.4, -0.2) is 11.4 Å². The van der Waals surface area contributed by atoms with Crippen molar-refractivity contribution in [3.63, 3.8) is 0 Å². The molecule has 4 heteroatoms. The van der Waals surface area contributed by atoms with Crippen molar-refractivity contribution < 1.29 is 0 Å². The second-order valence-electron chi connectivity index (χ2n) is 25.9. The molecule has 4 heterocycles. The zero-order valence-corrected chi connectivity index (χ0v) is 45.5. The number of thiophene rings is 1. The molecule has 0 unspecified atom stereocenters. The van der Waals surface area contributed by atoms with E-state index in [2.05, 4.69) is 244 Å². The molecule has 0 saturated heterocycles.